The average Bonchev–Trinajstić information content (AvgIpc) is 2.59. The van der Waals surface area contributed by atoms with Crippen LogP contribution in [0.5, 0.6) is 0 Å². The summed E-state index contributed by atoms with van der Waals surface area (Å²) in [5.41, 5.74) is 0.957. The number of aliphatic hydroxyl groups is 1. The molecule has 1 N–H and O–H groups in total. The fraction of sp³-hybridized carbons (Fsp3) is 0.158. The van der Waals surface area contributed by atoms with Gasteiger partial charge in [0.05, 0.1) is 7.11 Å². The Labute approximate surface area is 135 Å². The van der Waals surface area contributed by atoms with Gasteiger partial charge in [0.15, 0.2) is 0 Å². The largest absolute Gasteiger partial charge is 0.507 e. The minimum Gasteiger partial charge on any atom is -0.507 e. The SMILES string of the molecule is CCN=CC(C(=O)OC)=C(O)C=Cc1ccc2ccccc2c1. The molecule has 4 nitrogen and oxygen atoms in total. The molecule has 0 saturated carbocycles. The molecular weight excluding hydrogens is 290 g/mol. The number of hydrogen-bond donors (Lipinski definition) is 1. The first-order chi connectivity index (χ1) is 11.2. The predicted molar refractivity (Wildman–Crippen MR) is 93.7 cm³/mol. The topological polar surface area (TPSA) is 58.9 Å². The average molecular weight is 309 g/mol. The molecular formula is C19H19NO3. The molecule has 2 aromatic rings. The summed E-state index contributed by atoms with van der Waals surface area (Å²) in [6.45, 7) is 2.36. The van der Waals surface area contributed by atoms with Crippen molar-refractivity contribution in [2.45, 2.75) is 6.92 Å². The summed E-state index contributed by atoms with van der Waals surface area (Å²) in [6.07, 6.45) is 4.54. The van der Waals surface area contributed by atoms with Crippen molar-refractivity contribution in [3.05, 3.63) is 65.4 Å². The molecule has 0 amide bonds. The number of benzene rings is 2. The lowest BCUT2D eigenvalue weighted by atomic mass is 10.1. The summed E-state index contributed by atoms with van der Waals surface area (Å²) < 4.78 is 4.66. The van der Waals surface area contributed by atoms with Crippen LogP contribution in [0.3, 0.4) is 0 Å². The summed E-state index contributed by atoms with van der Waals surface area (Å²) >= 11 is 0. The number of aliphatic imine (C=N–C) groups is 1. The lowest BCUT2D eigenvalue weighted by Gasteiger charge is -2.02. The lowest BCUT2D eigenvalue weighted by Crippen LogP contribution is -2.08. The van der Waals surface area contributed by atoms with E-state index in [-0.39, 0.29) is 11.3 Å². The van der Waals surface area contributed by atoms with E-state index in [0.29, 0.717) is 6.54 Å². The third-order valence-corrected chi connectivity index (χ3v) is 3.29. The van der Waals surface area contributed by atoms with Gasteiger partial charge in [-0.3, -0.25) is 4.99 Å². The molecule has 0 unspecified atom stereocenters. The fourth-order valence-electron chi connectivity index (χ4n) is 2.09. The van der Waals surface area contributed by atoms with Gasteiger partial charge in [0.1, 0.15) is 11.3 Å². The number of allylic oxidation sites excluding steroid dienone is 1. The van der Waals surface area contributed by atoms with Crippen molar-refractivity contribution in [1.82, 2.24) is 0 Å². The highest BCUT2D eigenvalue weighted by Gasteiger charge is 2.11. The second kappa shape index (κ2) is 7.94. The molecule has 0 heterocycles. The molecule has 0 radical (unpaired) electrons. The number of carbonyl (C=O) groups is 1. The quantitative estimate of drug-likeness (QED) is 0.299. The Morgan fingerprint density at radius 3 is 2.65 bits per heavy atom. The molecule has 0 saturated heterocycles. The lowest BCUT2D eigenvalue weighted by molar-refractivity contribution is -0.135. The summed E-state index contributed by atoms with van der Waals surface area (Å²) in [5.74, 6) is -0.801. The maximum atomic E-state index is 11.7. The molecule has 23 heavy (non-hydrogen) atoms. The van der Waals surface area contributed by atoms with Gasteiger partial charge in [-0.15, -0.1) is 0 Å². The first-order valence-electron chi connectivity index (χ1n) is 7.34. The predicted octanol–water partition coefficient (Wildman–Crippen LogP) is 3.93. The molecule has 4 heteroatoms. The number of fused-ring (bicyclic) bond motifs is 1. The van der Waals surface area contributed by atoms with Crippen LogP contribution in [0, 0.1) is 0 Å². The molecule has 0 aromatic heterocycles. The van der Waals surface area contributed by atoms with Crippen LogP contribution in [0.2, 0.25) is 0 Å². The summed E-state index contributed by atoms with van der Waals surface area (Å²) in [6, 6.07) is 14.0. The van der Waals surface area contributed by atoms with E-state index in [1.54, 1.807) is 6.08 Å². The number of aliphatic hydroxyl groups excluding tert-OH is 1. The number of methoxy groups -OCH3 is 1. The molecule has 0 aliphatic heterocycles. The van der Waals surface area contributed by atoms with Crippen LogP contribution < -0.4 is 0 Å². The second-order valence-corrected chi connectivity index (χ2v) is 4.86. The number of rotatable bonds is 5. The first kappa shape index (κ1) is 16.5. The molecule has 0 aliphatic carbocycles. The van der Waals surface area contributed by atoms with Crippen LogP contribution in [0.1, 0.15) is 12.5 Å². The van der Waals surface area contributed by atoms with Crippen molar-refractivity contribution in [3.8, 4) is 0 Å². The Morgan fingerprint density at radius 2 is 1.96 bits per heavy atom. The minimum atomic E-state index is -0.622. The number of esters is 1. The molecule has 0 bridgehead atoms. The summed E-state index contributed by atoms with van der Waals surface area (Å²) in [4.78, 5) is 15.7. The van der Waals surface area contributed by atoms with E-state index in [4.69, 9.17) is 0 Å². The Morgan fingerprint density at radius 1 is 1.22 bits per heavy atom. The smallest absolute Gasteiger partial charge is 0.343 e. The van der Waals surface area contributed by atoms with Crippen LogP contribution in [-0.2, 0) is 9.53 Å². The zero-order valence-corrected chi connectivity index (χ0v) is 13.2. The minimum absolute atomic E-state index is 0.0337. The molecule has 0 spiro atoms. The van der Waals surface area contributed by atoms with E-state index < -0.39 is 5.97 Å². The molecule has 118 valence electrons. The van der Waals surface area contributed by atoms with Crippen molar-refractivity contribution in [2.24, 2.45) is 4.99 Å². The molecule has 0 fully saturated rings. The number of hydrogen-bond acceptors (Lipinski definition) is 4. The van der Waals surface area contributed by atoms with Gasteiger partial charge in [0.25, 0.3) is 0 Å². The maximum absolute atomic E-state index is 11.7. The molecule has 2 aromatic carbocycles. The van der Waals surface area contributed by atoms with Gasteiger partial charge < -0.3 is 9.84 Å². The summed E-state index contributed by atoms with van der Waals surface area (Å²) in [7, 11) is 1.27. The second-order valence-electron chi connectivity index (χ2n) is 4.86. The first-order valence-corrected chi connectivity index (χ1v) is 7.34. The highest BCUT2D eigenvalue weighted by atomic mass is 16.5. The van der Waals surface area contributed by atoms with Crippen LogP contribution in [-0.4, -0.2) is 30.9 Å². The zero-order chi connectivity index (χ0) is 16.7. The van der Waals surface area contributed by atoms with Crippen LogP contribution in [0.15, 0.2) is 64.9 Å². The van der Waals surface area contributed by atoms with E-state index in [2.05, 4.69) is 9.73 Å². The van der Waals surface area contributed by atoms with Crippen molar-refractivity contribution >= 4 is 29.0 Å². The Kier molecular flexibility index (Phi) is 5.69. The van der Waals surface area contributed by atoms with Gasteiger partial charge in [0.2, 0.25) is 0 Å². The standard InChI is InChI=1S/C19H19NO3/c1-3-20-13-17(19(22)23-2)18(21)11-9-14-8-10-15-6-4-5-7-16(15)12-14/h4-13,21H,3H2,1-2H3. The number of ether oxygens (including phenoxy) is 1. The third kappa shape index (κ3) is 4.30. The van der Waals surface area contributed by atoms with Crippen molar-refractivity contribution < 1.29 is 14.6 Å². The van der Waals surface area contributed by atoms with E-state index in [1.807, 2.05) is 49.4 Å². The number of nitrogens with zero attached hydrogens (tertiary/aromatic N) is 1. The van der Waals surface area contributed by atoms with Crippen molar-refractivity contribution in [1.29, 1.82) is 0 Å². The van der Waals surface area contributed by atoms with E-state index >= 15 is 0 Å². The number of carbonyl (C=O) groups excluding carboxylic acids is 1. The highest BCUT2D eigenvalue weighted by molar-refractivity contribution is 6.10. The molecule has 0 aliphatic rings. The Bertz CT molecular complexity index is 788. The van der Waals surface area contributed by atoms with E-state index in [9.17, 15) is 9.90 Å². The molecule has 2 rings (SSSR count). The molecule has 0 atom stereocenters. The Hall–Kier alpha value is -2.88. The van der Waals surface area contributed by atoms with E-state index in [0.717, 1.165) is 16.3 Å². The third-order valence-electron chi connectivity index (χ3n) is 3.29. The normalized spacial score (nSPS) is 12.8. The van der Waals surface area contributed by atoms with Gasteiger partial charge in [0, 0.05) is 12.8 Å². The van der Waals surface area contributed by atoms with Crippen LogP contribution in [0.25, 0.3) is 16.8 Å². The van der Waals surface area contributed by atoms with Crippen molar-refractivity contribution in [3.63, 3.8) is 0 Å². The monoisotopic (exact) mass is 309 g/mol. The zero-order valence-electron chi connectivity index (χ0n) is 13.2. The van der Waals surface area contributed by atoms with Gasteiger partial charge in [-0.2, -0.15) is 0 Å². The van der Waals surface area contributed by atoms with Gasteiger partial charge in [-0.05, 0) is 35.4 Å². The van der Waals surface area contributed by atoms with Gasteiger partial charge in [-0.1, -0.05) is 42.5 Å². The van der Waals surface area contributed by atoms with Crippen molar-refractivity contribution in [2.75, 3.05) is 13.7 Å². The van der Waals surface area contributed by atoms with Crippen LogP contribution in [0.4, 0.5) is 0 Å². The van der Waals surface area contributed by atoms with Crippen LogP contribution >= 0.6 is 0 Å². The van der Waals surface area contributed by atoms with Gasteiger partial charge in [-0.25, -0.2) is 4.79 Å². The maximum Gasteiger partial charge on any atom is 0.343 e. The van der Waals surface area contributed by atoms with E-state index in [1.165, 1.54) is 19.4 Å². The summed E-state index contributed by atoms with van der Waals surface area (Å²) in [5, 5.41) is 12.4. The fourth-order valence-corrected chi connectivity index (χ4v) is 2.09. The highest BCUT2D eigenvalue weighted by Crippen LogP contribution is 2.17. The Balaban J connectivity index is 2.32. The van der Waals surface area contributed by atoms with Gasteiger partial charge >= 0.3 is 5.97 Å².